The van der Waals surface area contributed by atoms with Crippen molar-refractivity contribution in [1.29, 1.82) is 0 Å². The predicted octanol–water partition coefficient (Wildman–Crippen LogP) is 4.91. The molecule has 4 nitrogen and oxygen atoms in total. The molecular formula is C21H22FN3O. The number of aromatic nitrogens is 2. The van der Waals surface area contributed by atoms with Crippen molar-refractivity contribution in [1.82, 2.24) is 15.0 Å². The van der Waals surface area contributed by atoms with Crippen LogP contribution in [0.15, 0.2) is 53.1 Å². The zero-order valence-electron chi connectivity index (χ0n) is 15.0. The Morgan fingerprint density at radius 1 is 1.15 bits per heavy atom. The van der Waals surface area contributed by atoms with Gasteiger partial charge in [0.1, 0.15) is 5.82 Å². The molecule has 0 unspecified atom stereocenters. The number of halogens is 1. The van der Waals surface area contributed by atoms with Crippen molar-refractivity contribution in [2.75, 3.05) is 0 Å². The minimum absolute atomic E-state index is 0.0431. The highest BCUT2D eigenvalue weighted by Crippen LogP contribution is 2.36. The second-order valence-electron chi connectivity index (χ2n) is 6.98. The Labute approximate surface area is 152 Å². The van der Waals surface area contributed by atoms with Crippen LogP contribution in [0.3, 0.4) is 0 Å². The van der Waals surface area contributed by atoms with Crippen LogP contribution >= 0.6 is 0 Å². The van der Waals surface area contributed by atoms with Crippen molar-refractivity contribution in [3.05, 3.63) is 71.4 Å². The van der Waals surface area contributed by atoms with Crippen LogP contribution in [0.5, 0.6) is 0 Å². The molecule has 1 aliphatic rings. The van der Waals surface area contributed by atoms with Crippen LogP contribution in [0.2, 0.25) is 0 Å². The van der Waals surface area contributed by atoms with E-state index in [1.807, 2.05) is 50.2 Å². The van der Waals surface area contributed by atoms with Gasteiger partial charge in [-0.05, 0) is 32.8 Å². The van der Waals surface area contributed by atoms with E-state index in [-0.39, 0.29) is 11.9 Å². The van der Waals surface area contributed by atoms with Gasteiger partial charge in [0.15, 0.2) is 0 Å². The Balaban J connectivity index is 1.54. The highest BCUT2D eigenvalue weighted by Gasteiger charge is 2.34. The van der Waals surface area contributed by atoms with Crippen molar-refractivity contribution in [3.63, 3.8) is 0 Å². The number of benzene rings is 2. The quantitative estimate of drug-likeness (QED) is 0.633. The number of hydrogen-bond acceptors (Lipinski definition) is 4. The Hall–Kier alpha value is -2.53. The number of nitrogens with zero attached hydrogens (tertiary/aromatic N) is 3. The maximum absolute atomic E-state index is 14.2. The van der Waals surface area contributed by atoms with E-state index < -0.39 is 0 Å². The number of aryl methyl sites for hydroxylation is 1. The van der Waals surface area contributed by atoms with Crippen LogP contribution in [0.4, 0.5) is 4.39 Å². The summed E-state index contributed by atoms with van der Waals surface area (Å²) in [5.41, 5.74) is 2.83. The molecule has 0 amide bonds. The van der Waals surface area contributed by atoms with Gasteiger partial charge < -0.3 is 4.52 Å². The summed E-state index contributed by atoms with van der Waals surface area (Å²) in [6.45, 7) is 4.61. The number of hydrogen-bond donors (Lipinski definition) is 0. The molecule has 2 aromatic carbocycles. The molecule has 0 radical (unpaired) electrons. The second-order valence-corrected chi connectivity index (χ2v) is 6.98. The fourth-order valence-electron chi connectivity index (χ4n) is 3.28. The van der Waals surface area contributed by atoms with E-state index in [0.717, 1.165) is 18.4 Å². The van der Waals surface area contributed by atoms with E-state index in [0.29, 0.717) is 29.9 Å². The lowest BCUT2D eigenvalue weighted by atomic mass is 10.1. The zero-order chi connectivity index (χ0) is 18.1. The summed E-state index contributed by atoms with van der Waals surface area (Å²) in [5.74, 6) is 0.987. The van der Waals surface area contributed by atoms with E-state index >= 15 is 0 Å². The van der Waals surface area contributed by atoms with Crippen LogP contribution in [0.1, 0.15) is 42.8 Å². The molecule has 3 aromatic rings. The maximum Gasteiger partial charge on any atom is 0.241 e. The Kier molecular flexibility index (Phi) is 4.55. The van der Waals surface area contributed by atoms with Gasteiger partial charge in [0.2, 0.25) is 11.7 Å². The summed E-state index contributed by atoms with van der Waals surface area (Å²) < 4.78 is 19.7. The lowest BCUT2D eigenvalue weighted by Gasteiger charge is -2.28. The lowest BCUT2D eigenvalue weighted by Crippen LogP contribution is -2.29. The van der Waals surface area contributed by atoms with E-state index in [9.17, 15) is 4.39 Å². The predicted molar refractivity (Wildman–Crippen MR) is 97.9 cm³/mol. The molecule has 5 heteroatoms. The Morgan fingerprint density at radius 2 is 1.88 bits per heavy atom. The molecule has 0 saturated heterocycles. The van der Waals surface area contributed by atoms with Crippen molar-refractivity contribution in [2.45, 2.75) is 45.3 Å². The molecule has 26 heavy (non-hydrogen) atoms. The van der Waals surface area contributed by atoms with Crippen LogP contribution in [-0.4, -0.2) is 21.1 Å². The maximum atomic E-state index is 14.2. The first-order valence-corrected chi connectivity index (χ1v) is 9.01. The van der Waals surface area contributed by atoms with Crippen molar-refractivity contribution in [2.24, 2.45) is 0 Å². The standard InChI is InChI=1S/C21H22FN3O/c1-14-7-9-16(10-8-14)21-23-20(26-24-21)13-25(17-11-12-17)15(2)18-5-3-4-6-19(18)22/h3-10,15,17H,11-13H2,1-2H3/t15-/m1/s1. The van der Waals surface area contributed by atoms with Gasteiger partial charge in [-0.2, -0.15) is 4.98 Å². The molecule has 1 atom stereocenters. The normalized spacial score (nSPS) is 15.4. The van der Waals surface area contributed by atoms with E-state index in [2.05, 4.69) is 15.0 Å². The van der Waals surface area contributed by atoms with Crippen LogP contribution < -0.4 is 0 Å². The van der Waals surface area contributed by atoms with Gasteiger partial charge in [0.25, 0.3) is 0 Å². The minimum atomic E-state index is -0.170. The molecule has 4 rings (SSSR count). The van der Waals surface area contributed by atoms with Gasteiger partial charge in [0, 0.05) is 23.2 Å². The summed E-state index contributed by atoms with van der Waals surface area (Å²) in [6.07, 6.45) is 2.25. The molecule has 0 N–H and O–H groups in total. The molecular weight excluding hydrogens is 329 g/mol. The van der Waals surface area contributed by atoms with Crippen LogP contribution in [-0.2, 0) is 6.54 Å². The monoisotopic (exact) mass is 351 g/mol. The fourth-order valence-corrected chi connectivity index (χ4v) is 3.28. The third kappa shape index (κ3) is 3.53. The third-order valence-corrected chi connectivity index (χ3v) is 4.96. The van der Waals surface area contributed by atoms with Crippen LogP contribution in [0, 0.1) is 12.7 Å². The largest absolute Gasteiger partial charge is 0.338 e. The summed E-state index contributed by atoms with van der Waals surface area (Å²) in [6, 6.07) is 15.4. The summed E-state index contributed by atoms with van der Waals surface area (Å²) in [4.78, 5) is 6.80. The van der Waals surface area contributed by atoms with Gasteiger partial charge in [0.05, 0.1) is 6.54 Å². The molecule has 1 saturated carbocycles. The van der Waals surface area contributed by atoms with Crippen molar-refractivity contribution >= 4 is 0 Å². The molecule has 0 bridgehead atoms. The van der Waals surface area contributed by atoms with Gasteiger partial charge in [-0.15, -0.1) is 0 Å². The summed E-state index contributed by atoms with van der Waals surface area (Å²) >= 11 is 0. The van der Waals surface area contributed by atoms with Gasteiger partial charge in [-0.3, -0.25) is 4.90 Å². The summed E-state index contributed by atoms with van der Waals surface area (Å²) in [5, 5.41) is 4.11. The smallest absolute Gasteiger partial charge is 0.241 e. The van der Waals surface area contributed by atoms with E-state index in [4.69, 9.17) is 4.52 Å². The first-order valence-electron chi connectivity index (χ1n) is 9.01. The van der Waals surface area contributed by atoms with E-state index in [1.54, 1.807) is 6.07 Å². The molecule has 134 valence electrons. The third-order valence-electron chi connectivity index (χ3n) is 4.96. The molecule has 0 spiro atoms. The molecule has 1 aromatic heterocycles. The first kappa shape index (κ1) is 16.9. The highest BCUT2D eigenvalue weighted by atomic mass is 19.1. The SMILES string of the molecule is Cc1ccc(-c2noc(CN(C3CC3)[C@H](C)c3ccccc3F)n2)cc1. The molecule has 0 aliphatic heterocycles. The van der Waals surface area contributed by atoms with Gasteiger partial charge in [-0.1, -0.05) is 53.2 Å². The van der Waals surface area contributed by atoms with Crippen LogP contribution in [0.25, 0.3) is 11.4 Å². The van der Waals surface area contributed by atoms with Crippen molar-refractivity contribution in [3.8, 4) is 11.4 Å². The zero-order valence-corrected chi connectivity index (χ0v) is 15.0. The fraction of sp³-hybridized carbons (Fsp3) is 0.333. The number of rotatable bonds is 6. The lowest BCUT2D eigenvalue weighted by molar-refractivity contribution is 0.163. The highest BCUT2D eigenvalue weighted by molar-refractivity contribution is 5.54. The first-order chi connectivity index (χ1) is 12.6. The molecule has 1 aliphatic carbocycles. The topological polar surface area (TPSA) is 42.2 Å². The Bertz CT molecular complexity index is 886. The average Bonchev–Trinajstić information content (AvgIpc) is 3.38. The summed E-state index contributed by atoms with van der Waals surface area (Å²) in [7, 11) is 0. The van der Waals surface area contributed by atoms with Crippen molar-refractivity contribution < 1.29 is 8.91 Å². The second kappa shape index (κ2) is 7.00. The van der Waals surface area contributed by atoms with E-state index in [1.165, 1.54) is 11.6 Å². The minimum Gasteiger partial charge on any atom is -0.338 e. The molecule has 1 heterocycles. The average molecular weight is 351 g/mol. The Morgan fingerprint density at radius 3 is 2.58 bits per heavy atom. The van der Waals surface area contributed by atoms with Gasteiger partial charge >= 0.3 is 0 Å². The van der Waals surface area contributed by atoms with Gasteiger partial charge in [-0.25, -0.2) is 4.39 Å². The molecule has 1 fully saturated rings.